The van der Waals surface area contributed by atoms with Crippen LogP contribution in [0, 0.1) is 5.41 Å². The number of nitrogens with zero attached hydrogens (tertiary/aromatic N) is 1. The second-order valence-electron chi connectivity index (χ2n) is 10.4. The molecule has 2 aliphatic rings. The van der Waals surface area contributed by atoms with Crippen molar-refractivity contribution in [2.75, 3.05) is 33.4 Å². The molecule has 1 N–H and O–H groups in total. The lowest BCUT2D eigenvalue weighted by atomic mass is 9.74. The van der Waals surface area contributed by atoms with E-state index >= 15 is 0 Å². The Morgan fingerprint density at radius 1 is 1.09 bits per heavy atom. The van der Waals surface area contributed by atoms with Gasteiger partial charge in [-0.05, 0) is 69.6 Å². The summed E-state index contributed by atoms with van der Waals surface area (Å²) in [6.07, 6.45) is 7.15. The van der Waals surface area contributed by atoms with Crippen molar-refractivity contribution in [2.24, 2.45) is 5.41 Å². The maximum absolute atomic E-state index is 13.6. The molecule has 0 unspecified atom stereocenters. The molecule has 5 heteroatoms. The quantitative estimate of drug-likeness (QED) is 0.486. The molecule has 190 valence electrons. The van der Waals surface area contributed by atoms with Crippen LogP contribution in [0.25, 0.3) is 11.1 Å². The first-order chi connectivity index (χ1) is 17.0. The number of nitrogens with one attached hydrogen (secondary N) is 1. The van der Waals surface area contributed by atoms with Crippen molar-refractivity contribution >= 4 is 5.91 Å². The number of methoxy groups -OCH3 is 1. The van der Waals surface area contributed by atoms with Gasteiger partial charge in [-0.15, -0.1) is 0 Å². The average Bonchev–Trinajstić information content (AvgIpc) is 2.88. The Balaban J connectivity index is 1.41. The number of hydrogen-bond donors (Lipinski definition) is 1. The summed E-state index contributed by atoms with van der Waals surface area (Å²) in [4.78, 5) is 16.2. The van der Waals surface area contributed by atoms with Crippen LogP contribution in [0.4, 0.5) is 0 Å². The Bertz CT molecular complexity index is 960. The van der Waals surface area contributed by atoms with Crippen LogP contribution < -0.4 is 10.1 Å². The first-order valence-electron chi connectivity index (χ1n) is 13.4. The van der Waals surface area contributed by atoms with Crippen LogP contribution >= 0.6 is 0 Å². The van der Waals surface area contributed by atoms with Gasteiger partial charge in [-0.2, -0.15) is 0 Å². The topological polar surface area (TPSA) is 50.8 Å². The van der Waals surface area contributed by atoms with Crippen LogP contribution in [0.1, 0.15) is 57.9 Å². The van der Waals surface area contributed by atoms with Gasteiger partial charge in [0, 0.05) is 44.0 Å². The molecule has 0 aliphatic carbocycles. The molecule has 35 heavy (non-hydrogen) atoms. The van der Waals surface area contributed by atoms with E-state index in [4.69, 9.17) is 9.47 Å². The predicted octanol–water partition coefficient (Wildman–Crippen LogP) is 5.47. The van der Waals surface area contributed by atoms with E-state index < -0.39 is 5.41 Å². The summed E-state index contributed by atoms with van der Waals surface area (Å²) in [5, 5.41) is 3.31. The summed E-state index contributed by atoms with van der Waals surface area (Å²) >= 11 is 0. The first kappa shape index (κ1) is 25.7. The highest BCUT2D eigenvalue weighted by molar-refractivity contribution is 5.83. The van der Waals surface area contributed by atoms with Gasteiger partial charge in [0.05, 0.1) is 12.5 Å². The summed E-state index contributed by atoms with van der Waals surface area (Å²) in [5.41, 5.74) is 2.96. The van der Waals surface area contributed by atoms with Crippen molar-refractivity contribution in [3.63, 3.8) is 0 Å². The SMILES string of the molecule is COc1ccccc1-c1cccc(CC2(C(=O)NCCCN3[C@H](C)CCC[C@@H]3C)CCOCC2)c1. The van der Waals surface area contributed by atoms with Crippen LogP contribution in [0.5, 0.6) is 5.75 Å². The van der Waals surface area contributed by atoms with Crippen LogP contribution in [0.15, 0.2) is 48.5 Å². The number of rotatable bonds is 9. The number of piperidine rings is 1. The fourth-order valence-corrected chi connectivity index (χ4v) is 5.94. The average molecular weight is 479 g/mol. The number of amides is 1. The maximum Gasteiger partial charge on any atom is 0.226 e. The van der Waals surface area contributed by atoms with E-state index in [0.717, 1.165) is 55.6 Å². The van der Waals surface area contributed by atoms with Gasteiger partial charge < -0.3 is 14.8 Å². The van der Waals surface area contributed by atoms with Gasteiger partial charge in [-0.3, -0.25) is 9.69 Å². The van der Waals surface area contributed by atoms with Crippen molar-refractivity contribution < 1.29 is 14.3 Å². The van der Waals surface area contributed by atoms with Crippen LogP contribution in [0.2, 0.25) is 0 Å². The molecule has 2 fully saturated rings. The third-order valence-corrected chi connectivity index (χ3v) is 8.07. The molecule has 5 nitrogen and oxygen atoms in total. The second-order valence-corrected chi connectivity index (χ2v) is 10.4. The molecule has 4 rings (SSSR count). The molecule has 2 aromatic rings. The largest absolute Gasteiger partial charge is 0.496 e. The molecule has 1 amide bonds. The fraction of sp³-hybridized carbons (Fsp3) is 0.567. The zero-order chi connectivity index (χ0) is 24.7. The summed E-state index contributed by atoms with van der Waals surface area (Å²) in [7, 11) is 1.70. The van der Waals surface area contributed by atoms with E-state index in [1.165, 1.54) is 24.8 Å². The number of ether oxygens (including phenoxy) is 2. The molecule has 0 radical (unpaired) electrons. The van der Waals surface area contributed by atoms with Gasteiger partial charge in [-0.1, -0.05) is 48.9 Å². The summed E-state index contributed by atoms with van der Waals surface area (Å²) in [6, 6.07) is 17.9. The highest BCUT2D eigenvalue weighted by Crippen LogP contribution is 2.37. The summed E-state index contributed by atoms with van der Waals surface area (Å²) in [5.74, 6) is 1.05. The Kier molecular flexibility index (Phi) is 8.85. The molecular formula is C30H42N2O3. The zero-order valence-electron chi connectivity index (χ0n) is 21.7. The van der Waals surface area contributed by atoms with E-state index in [9.17, 15) is 4.79 Å². The van der Waals surface area contributed by atoms with E-state index in [-0.39, 0.29) is 5.91 Å². The number of carbonyl (C=O) groups excluding carboxylic acids is 1. The minimum Gasteiger partial charge on any atom is -0.496 e. The monoisotopic (exact) mass is 478 g/mol. The van der Waals surface area contributed by atoms with Crippen LogP contribution in [0.3, 0.4) is 0 Å². The number of hydrogen-bond acceptors (Lipinski definition) is 4. The number of likely N-dealkylation sites (tertiary alicyclic amines) is 1. The molecule has 0 bridgehead atoms. The van der Waals surface area contributed by atoms with E-state index in [2.05, 4.69) is 54.4 Å². The molecule has 2 aliphatic heterocycles. The van der Waals surface area contributed by atoms with Gasteiger partial charge in [0.1, 0.15) is 5.75 Å². The van der Waals surface area contributed by atoms with E-state index in [1.807, 2.05) is 18.2 Å². The number of carbonyl (C=O) groups is 1. The molecular weight excluding hydrogens is 436 g/mol. The molecule has 2 saturated heterocycles. The molecule has 2 heterocycles. The fourth-order valence-electron chi connectivity index (χ4n) is 5.94. The summed E-state index contributed by atoms with van der Waals surface area (Å²) < 4.78 is 11.2. The predicted molar refractivity (Wildman–Crippen MR) is 142 cm³/mol. The Morgan fingerprint density at radius 2 is 1.83 bits per heavy atom. The third kappa shape index (κ3) is 6.25. The van der Waals surface area contributed by atoms with E-state index in [1.54, 1.807) is 7.11 Å². The van der Waals surface area contributed by atoms with Crippen molar-refractivity contribution in [1.82, 2.24) is 10.2 Å². The normalized spacial score (nSPS) is 22.5. The minimum absolute atomic E-state index is 0.184. The highest BCUT2D eigenvalue weighted by Gasteiger charge is 2.40. The Morgan fingerprint density at radius 3 is 2.57 bits per heavy atom. The Hall–Kier alpha value is -2.37. The molecule has 2 atom stereocenters. The van der Waals surface area contributed by atoms with Crippen molar-refractivity contribution in [3.8, 4) is 16.9 Å². The third-order valence-electron chi connectivity index (χ3n) is 8.07. The molecule has 0 spiro atoms. The molecule has 2 aromatic carbocycles. The smallest absolute Gasteiger partial charge is 0.226 e. The van der Waals surface area contributed by atoms with Crippen LogP contribution in [-0.4, -0.2) is 56.3 Å². The minimum atomic E-state index is -0.413. The maximum atomic E-state index is 13.6. The van der Waals surface area contributed by atoms with Gasteiger partial charge in [0.25, 0.3) is 0 Å². The first-order valence-corrected chi connectivity index (χ1v) is 13.4. The second kappa shape index (κ2) is 12.0. The van der Waals surface area contributed by atoms with Crippen molar-refractivity contribution in [2.45, 2.75) is 70.9 Å². The van der Waals surface area contributed by atoms with Crippen molar-refractivity contribution in [1.29, 1.82) is 0 Å². The zero-order valence-corrected chi connectivity index (χ0v) is 21.7. The van der Waals surface area contributed by atoms with Gasteiger partial charge in [0.2, 0.25) is 5.91 Å². The van der Waals surface area contributed by atoms with Crippen LogP contribution in [-0.2, 0) is 16.0 Å². The van der Waals surface area contributed by atoms with E-state index in [0.29, 0.717) is 25.3 Å². The lowest BCUT2D eigenvalue weighted by molar-refractivity contribution is -0.136. The standard InChI is InChI=1S/C30H42N2O3/c1-23-9-6-10-24(2)32(23)18-8-17-31-29(33)30(15-19-35-20-16-30)22-25-11-7-12-26(21-25)27-13-4-5-14-28(27)34-3/h4-5,7,11-14,21,23-24H,6,8-10,15-20,22H2,1-3H3,(H,31,33)/t23-,24+. The molecule has 0 saturated carbocycles. The highest BCUT2D eigenvalue weighted by atomic mass is 16.5. The van der Waals surface area contributed by atoms with Crippen molar-refractivity contribution in [3.05, 3.63) is 54.1 Å². The van der Waals surface area contributed by atoms with Gasteiger partial charge in [0.15, 0.2) is 0 Å². The summed E-state index contributed by atoms with van der Waals surface area (Å²) in [6.45, 7) is 7.75. The lowest BCUT2D eigenvalue weighted by Crippen LogP contribution is -2.47. The number of para-hydroxylation sites is 1. The number of benzene rings is 2. The lowest BCUT2D eigenvalue weighted by Gasteiger charge is -2.39. The van der Waals surface area contributed by atoms with Gasteiger partial charge in [-0.25, -0.2) is 0 Å². The van der Waals surface area contributed by atoms with Gasteiger partial charge >= 0.3 is 0 Å². The molecule has 0 aromatic heterocycles. The Labute approximate surface area is 211 Å².